The second kappa shape index (κ2) is 1.87. The molecule has 2 rings (SSSR count). The number of H-pyrrole nitrogens is 2. The highest BCUT2D eigenvalue weighted by atomic mass is 15.1. The molecule has 2 heteroatoms. The minimum absolute atomic E-state index is 1.23. The lowest BCUT2D eigenvalue weighted by molar-refractivity contribution is -0.450. The molecule has 0 atom stereocenters. The molecule has 1 aromatic heterocycles. The molecule has 0 fully saturated rings. The highest BCUT2D eigenvalue weighted by Gasteiger charge is 2.12. The summed E-state index contributed by atoms with van der Waals surface area (Å²) in [6.07, 6.45) is 7.28. The van der Waals surface area contributed by atoms with E-state index >= 15 is 0 Å². The SMILES string of the molecule is c1[nH+][nH]c2c1CCCC2. The van der Waals surface area contributed by atoms with Crippen LogP contribution >= 0.6 is 0 Å². The fourth-order valence-electron chi connectivity index (χ4n) is 1.44. The monoisotopic (exact) mass is 123 g/mol. The highest BCUT2D eigenvalue weighted by Crippen LogP contribution is 2.16. The third kappa shape index (κ3) is 0.745. The maximum Gasteiger partial charge on any atom is 0.196 e. The number of rotatable bonds is 0. The Kier molecular flexibility index (Phi) is 1.04. The lowest BCUT2D eigenvalue weighted by Gasteiger charge is -2.05. The van der Waals surface area contributed by atoms with Gasteiger partial charge in [-0.25, -0.2) is 0 Å². The summed E-state index contributed by atoms with van der Waals surface area (Å²) in [7, 11) is 0. The Morgan fingerprint density at radius 3 is 3.11 bits per heavy atom. The topological polar surface area (TPSA) is 29.9 Å². The third-order valence-corrected chi connectivity index (χ3v) is 1.98. The molecule has 1 heterocycles. The first-order chi connectivity index (χ1) is 4.47. The first-order valence-electron chi connectivity index (χ1n) is 3.53. The van der Waals surface area contributed by atoms with Gasteiger partial charge in [0, 0.05) is 5.56 Å². The zero-order valence-corrected chi connectivity index (χ0v) is 5.41. The van der Waals surface area contributed by atoms with Gasteiger partial charge in [-0.05, 0) is 25.7 Å². The number of aryl methyl sites for hydroxylation is 2. The second-order valence-electron chi connectivity index (χ2n) is 2.62. The number of aromatic nitrogens is 2. The molecule has 1 aliphatic carbocycles. The van der Waals surface area contributed by atoms with Crippen LogP contribution in [0.5, 0.6) is 0 Å². The third-order valence-electron chi connectivity index (χ3n) is 1.98. The van der Waals surface area contributed by atoms with E-state index in [1.54, 1.807) is 0 Å². The van der Waals surface area contributed by atoms with Gasteiger partial charge in [0.05, 0.1) is 5.69 Å². The van der Waals surface area contributed by atoms with E-state index in [9.17, 15) is 0 Å². The summed E-state index contributed by atoms with van der Waals surface area (Å²) < 4.78 is 0. The summed E-state index contributed by atoms with van der Waals surface area (Å²) in [6, 6.07) is 0. The van der Waals surface area contributed by atoms with Gasteiger partial charge in [0.25, 0.3) is 0 Å². The number of hydrogen-bond acceptors (Lipinski definition) is 0. The van der Waals surface area contributed by atoms with E-state index < -0.39 is 0 Å². The predicted molar refractivity (Wildman–Crippen MR) is 34.0 cm³/mol. The van der Waals surface area contributed by atoms with Crippen molar-refractivity contribution in [3.8, 4) is 0 Å². The average molecular weight is 123 g/mol. The van der Waals surface area contributed by atoms with Gasteiger partial charge >= 0.3 is 0 Å². The molecule has 0 spiro atoms. The summed E-state index contributed by atoms with van der Waals surface area (Å²) >= 11 is 0. The Labute approximate surface area is 54.3 Å². The molecule has 2 N–H and O–H groups in total. The molecule has 48 valence electrons. The molecule has 0 saturated carbocycles. The van der Waals surface area contributed by atoms with Gasteiger partial charge in [0.2, 0.25) is 0 Å². The molecule has 1 aliphatic rings. The molecule has 1 aromatic rings. The molecule has 0 amide bonds. The summed E-state index contributed by atoms with van der Waals surface area (Å²) in [4.78, 5) is 0. The largest absolute Gasteiger partial charge is 0.196 e. The van der Waals surface area contributed by atoms with Crippen LogP contribution in [0.25, 0.3) is 0 Å². The number of nitrogens with one attached hydrogen (secondary N) is 2. The van der Waals surface area contributed by atoms with Crippen LogP contribution in [0.3, 0.4) is 0 Å². The standard InChI is InChI=1S/C7H10N2/c1-2-4-7-6(3-1)5-8-9-7/h5H,1-4H2,(H,8,9)/p+1. The van der Waals surface area contributed by atoms with E-state index in [0.717, 1.165) is 0 Å². The summed E-state index contributed by atoms with van der Waals surface area (Å²) in [6.45, 7) is 0. The highest BCUT2D eigenvalue weighted by molar-refractivity contribution is 5.16. The minimum Gasteiger partial charge on any atom is -0.172 e. The predicted octanol–water partition coefficient (Wildman–Crippen LogP) is 0.708. The van der Waals surface area contributed by atoms with Gasteiger partial charge in [-0.15, -0.1) is 5.10 Å². The van der Waals surface area contributed by atoms with Crippen molar-refractivity contribution >= 4 is 0 Å². The van der Waals surface area contributed by atoms with E-state index in [-0.39, 0.29) is 0 Å². The Morgan fingerprint density at radius 2 is 2.22 bits per heavy atom. The molecule has 0 saturated heterocycles. The fraction of sp³-hybridized carbons (Fsp3) is 0.571. The Bertz CT molecular complexity index is 182. The fourth-order valence-corrected chi connectivity index (χ4v) is 1.44. The minimum atomic E-state index is 1.23. The van der Waals surface area contributed by atoms with Gasteiger partial charge in [-0.2, -0.15) is 5.10 Å². The summed E-state index contributed by atoms with van der Waals surface area (Å²) in [5, 5.41) is 6.15. The number of fused-ring (bicyclic) bond motifs is 1. The molecule has 0 aliphatic heterocycles. The van der Waals surface area contributed by atoms with Gasteiger partial charge in [0.15, 0.2) is 6.20 Å². The van der Waals surface area contributed by atoms with Gasteiger partial charge in [-0.3, -0.25) is 0 Å². The molecule has 0 radical (unpaired) electrons. The van der Waals surface area contributed by atoms with Crippen LogP contribution in [0, 0.1) is 0 Å². The second-order valence-corrected chi connectivity index (χ2v) is 2.62. The van der Waals surface area contributed by atoms with Crippen LogP contribution < -0.4 is 5.10 Å². The molecule has 0 bridgehead atoms. The average Bonchev–Trinajstić information content (AvgIpc) is 2.33. The van der Waals surface area contributed by atoms with Crippen LogP contribution in [0.15, 0.2) is 6.20 Å². The maximum absolute atomic E-state index is 3.13. The van der Waals surface area contributed by atoms with Gasteiger partial charge in [0.1, 0.15) is 0 Å². The number of aromatic amines is 2. The van der Waals surface area contributed by atoms with Gasteiger partial charge < -0.3 is 0 Å². The van der Waals surface area contributed by atoms with Crippen molar-refractivity contribution in [1.29, 1.82) is 0 Å². The van der Waals surface area contributed by atoms with E-state index in [1.807, 2.05) is 0 Å². The van der Waals surface area contributed by atoms with Crippen molar-refractivity contribution in [2.24, 2.45) is 0 Å². The molecular formula is C7H11N2+. The van der Waals surface area contributed by atoms with E-state index in [2.05, 4.69) is 16.4 Å². The normalized spacial score (nSPS) is 17.3. The summed E-state index contributed by atoms with van der Waals surface area (Å²) in [5.41, 5.74) is 2.91. The zero-order valence-electron chi connectivity index (χ0n) is 5.41. The lowest BCUT2D eigenvalue weighted by Crippen LogP contribution is -2.01. The quantitative estimate of drug-likeness (QED) is 0.526. The smallest absolute Gasteiger partial charge is 0.172 e. The molecule has 0 unspecified atom stereocenters. The van der Waals surface area contributed by atoms with Crippen molar-refractivity contribution in [3.63, 3.8) is 0 Å². The first kappa shape index (κ1) is 5.03. The van der Waals surface area contributed by atoms with Crippen molar-refractivity contribution in [2.75, 3.05) is 0 Å². The van der Waals surface area contributed by atoms with E-state index in [1.165, 1.54) is 36.9 Å². The first-order valence-corrected chi connectivity index (χ1v) is 3.53. The molecule has 9 heavy (non-hydrogen) atoms. The van der Waals surface area contributed by atoms with Crippen LogP contribution in [0.1, 0.15) is 24.1 Å². The van der Waals surface area contributed by atoms with E-state index in [4.69, 9.17) is 0 Å². The van der Waals surface area contributed by atoms with Crippen LogP contribution in [0.2, 0.25) is 0 Å². The van der Waals surface area contributed by atoms with Crippen LogP contribution in [0.4, 0.5) is 0 Å². The summed E-state index contributed by atoms with van der Waals surface area (Å²) in [5.74, 6) is 0. The van der Waals surface area contributed by atoms with E-state index in [0.29, 0.717) is 0 Å². The van der Waals surface area contributed by atoms with Crippen molar-refractivity contribution in [1.82, 2.24) is 5.10 Å². The maximum atomic E-state index is 3.13. The van der Waals surface area contributed by atoms with Crippen molar-refractivity contribution < 1.29 is 5.10 Å². The molecule has 2 nitrogen and oxygen atoms in total. The Balaban J connectivity index is 2.39. The van der Waals surface area contributed by atoms with Crippen LogP contribution in [-0.4, -0.2) is 5.10 Å². The van der Waals surface area contributed by atoms with Crippen molar-refractivity contribution in [2.45, 2.75) is 25.7 Å². The van der Waals surface area contributed by atoms with Crippen LogP contribution in [-0.2, 0) is 12.8 Å². The molecule has 0 aromatic carbocycles. The zero-order chi connectivity index (χ0) is 6.10. The van der Waals surface area contributed by atoms with Gasteiger partial charge in [-0.1, -0.05) is 0 Å². The molecular weight excluding hydrogens is 112 g/mol. The lowest BCUT2D eigenvalue weighted by atomic mass is 9.99. The number of hydrogen-bond donors (Lipinski definition) is 1. The Morgan fingerprint density at radius 1 is 1.33 bits per heavy atom. The van der Waals surface area contributed by atoms with Crippen molar-refractivity contribution in [3.05, 3.63) is 17.5 Å². The Hall–Kier alpha value is -0.790.